The molecule has 0 unspecified atom stereocenters. The molecule has 0 aliphatic heterocycles. The van der Waals surface area contributed by atoms with Crippen LogP contribution < -0.4 is 0 Å². The van der Waals surface area contributed by atoms with Crippen LogP contribution in [0.2, 0.25) is 0 Å². The summed E-state index contributed by atoms with van der Waals surface area (Å²) in [6.45, 7) is 8.57. The predicted octanol–water partition coefficient (Wildman–Crippen LogP) is 8.93. The van der Waals surface area contributed by atoms with Gasteiger partial charge in [-0.2, -0.15) is 0 Å². The zero-order chi connectivity index (χ0) is 22.5. The lowest BCUT2D eigenvalue weighted by Crippen LogP contribution is -1.82. The molecule has 0 N–H and O–H groups in total. The Balaban J connectivity index is 1.45. The Morgan fingerprint density at radius 3 is 0.938 bits per heavy atom. The van der Waals surface area contributed by atoms with E-state index in [1.54, 1.807) is 0 Å². The standard InChI is InChI=1S/C32H30/c1-23-17-24(2)20-29(19-23)7-5-27-9-13-31(14-10-27)32-15-11-28(12-16-32)6-8-30-21-25(3)18-26(4)22-30/h5-22H,1-4H3/b7-5+,8-6+. The second kappa shape index (κ2) is 9.66. The average molecular weight is 415 g/mol. The maximum atomic E-state index is 2.22. The Morgan fingerprint density at radius 1 is 0.344 bits per heavy atom. The van der Waals surface area contributed by atoms with Crippen LogP contribution in [0.1, 0.15) is 44.5 Å². The van der Waals surface area contributed by atoms with E-state index >= 15 is 0 Å². The van der Waals surface area contributed by atoms with E-state index in [1.165, 1.54) is 55.6 Å². The SMILES string of the molecule is Cc1cc(C)cc(/C=C/c2ccc(-c3ccc(/C=C/c4cc(C)cc(C)c4)cc3)cc2)c1. The van der Waals surface area contributed by atoms with Crippen molar-refractivity contribution in [2.45, 2.75) is 27.7 Å². The van der Waals surface area contributed by atoms with Crippen LogP contribution in [0.25, 0.3) is 35.4 Å². The van der Waals surface area contributed by atoms with E-state index in [4.69, 9.17) is 0 Å². The fourth-order valence-corrected chi connectivity index (χ4v) is 4.17. The lowest BCUT2D eigenvalue weighted by atomic mass is 10.0. The highest BCUT2D eigenvalue weighted by Crippen LogP contribution is 2.22. The normalized spacial score (nSPS) is 11.5. The van der Waals surface area contributed by atoms with Crippen molar-refractivity contribution >= 4 is 24.3 Å². The molecule has 0 bridgehead atoms. The Bertz CT molecular complexity index is 1120. The van der Waals surface area contributed by atoms with Crippen molar-refractivity contribution in [1.29, 1.82) is 0 Å². The number of benzene rings is 4. The summed E-state index contributed by atoms with van der Waals surface area (Å²) in [6.07, 6.45) is 8.73. The molecule has 0 heterocycles. The van der Waals surface area contributed by atoms with Crippen LogP contribution >= 0.6 is 0 Å². The topological polar surface area (TPSA) is 0 Å². The molecule has 0 fully saturated rings. The van der Waals surface area contributed by atoms with Crippen molar-refractivity contribution in [2.24, 2.45) is 0 Å². The van der Waals surface area contributed by atoms with Gasteiger partial charge in [-0.1, -0.05) is 131 Å². The van der Waals surface area contributed by atoms with Crippen molar-refractivity contribution in [2.75, 3.05) is 0 Å². The van der Waals surface area contributed by atoms with Crippen LogP contribution in [-0.4, -0.2) is 0 Å². The molecule has 0 spiro atoms. The van der Waals surface area contributed by atoms with E-state index < -0.39 is 0 Å². The van der Waals surface area contributed by atoms with Gasteiger partial charge >= 0.3 is 0 Å². The smallest absolute Gasteiger partial charge is 0.0184 e. The highest BCUT2D eigenvalue weighted by molar-refractivity contribution is 5.74. The average Bonchev–Trinajstić information content (AvgIpc) is 2.76. The Hall–Kier alpha value is -3.64. The molecule has 0 saturated carbocycles. The quantitative estimate of drug-likeness (QED) is 0.286. The van der Waals surface area contributed by atoms with Crippen LogP contribution in [0.5, 0.6) is 0 Å². The zero-order valence-electron chi connectivity index (χ0n) is 19.4. The molecule has 0 radical (unpaired) electrons. The second-order valence-corrected chi connectivity index (χ2v) is 8.75. The Morgan fingerprint density at radius 2 is 0.625 bits per heavy atom. The summed E-state index contributed by atoms with van der Waals surface area (Å²) in [5, 5.41) is 0. The third kappa shape index (κ3) is 5.74. The largest absolute Gasteiger partial charge is 0.0563 e. The molecular weight excluding hydrogens is 384 g/mol. The van der Waals surface area contributed by atoms with Gasteiger partial charge in [-0.15, -0.1) is 0 Å². The third-order valence-electron chi connectivity index (χ3n) is 5.58. The first-order valence-corrected chi connectivity index (χ1v) is 11.2. The first-order chi connectivity index (χ1) is 15.4. The van der Waals surface area contributed by atoms with E-state index in [9.17, 15) is 0 Å². The molecule has 0 amide bonds. The summed E-state index contributed by atoms with van der Waals surface area (Å²) < 4.78 is 0. The maximum absolute atomic E-state index is 2.22. The molecule has 32 heavy (non-hydrogen) atoms. The van der Waals surface area contributed by atoms with Gasteiger partial charge in [-0.05, 0) is 61.1 Å². The van der Waals surface area contributed by atoms with Crippen molar-refractivity contribution < 1.29 is 0 Å². The van der Waals surface area contributed by atoms with Crippen LogP contribution in [-0.2, 0) is 0 Å². The molecule has 0 saturated heterocycles. The van der Waals surface area contributed by atoms with Gasteiger partial charge in [-0.25, -0.2) is 0 Å². The number of hydrogen-bond acceptors (Lipinski definition) is 0. The molecule has 4 rings (SSSR count). The van der Waals surface area contributed by atoms with E-state index in [2.05, 4.69) is 137 Å². The lowest BCUT2D eigenvalue weighted by Gasteiger charge is -2.04. The van der Waals surface area contributed by atoms with Gasteiger partial charge in [0, 0.05) is 0 Å². The number of rotatable bonds is 5. The summed E-state index contributed by atoms with van der Waals surface area (Å²) in [5.41, 5.74) is 12.6. The third-order valence-corrected chi connectivity index (χ3v) is 5.58. The van der Waals surface area contributed by atoms with E-state index in [0.29, 0.717) is 0 Å². The first kappa shape index (κ1) is 21.6. The summed E-state index contributed by atoms with van der Waals surface area (Å²) >= 11 is 0. The fourth-order valence-electron chi connectivity index (χ4n) is 4.17. The van der Waals surface area contributed by atoms with Crippen molar-refractivity contribution in [3.63, 3.8) is 0 Å². The lowest BCUT2D eigenvalue weighted by molar-refractivity contribution is 1.37. The van der Waals surface area contributed by atoms with E-state index in [-0.39, 0.29) is 0 Å². The molecule has 4 aromatic rings. The molecule has 158 valence electrons. The molecule has 0 aromatic heterocycles. The van der Waals surface area contributed by atoms with Gasteiger partial charge in [0.15, 0.2) is 0 Å². The minimum atomic E-state index is 1.21. The Kier molecular flexibility index (Phi) is 6.52. The number of hydrogen-bond donors (Lipinski definition) is 0. The van der Waals surface area contributed by atoms with E-state index in [0.717, 1.165) is 0 Å². The molecule has 4 aromatic carbocycles. The number of aryl methyl sites for hydroxylation is 4. The van der Waals surface area contributed by atoms with Gasteiger partial charge < -0.3 is 0 Å². The van der Waals surface area contributed by atoms with Crippen molar-refractivity contribution in [1.82, 2.24) is 0 Å². The molecule has 0 aliphatic rings. The highest BCUT2D eigenvalue weighted by atomic mass is 14.0. The zero-order valence-corrected chi connectivity index (χ0v) is 19.4. The minimum absolute atomic E-state index is 1.21. The predicted molar refractivity (Wildman–Crippen MR) is 142 cm³/mol. The first-order valence-electron chi connectivity index (χ1n) is 11.2. The van der Waals surface area contributed by atoms with Crippen LogP contribution in [0, 0.1) is 27.7 Å². The van der Waals surface area contributed by atoms with Crippen LogP contribution in [0.4, 0.5) is 0 Å². The highest BCUT2D eigenvalue weighted by Gasteiger charge is 1.99. The van der Waals surface area contributed by atoms with Gasteiger partial charge in [0.25, 0.3) is 0 Å². The van der Waals surface area contributed by atoms with Crippen molar-refractivity contribution in [3.05, 3.63) is 129 Å². The second-order valence-electron chi connectivity index (χ2n) is 8.75. The minimum Gasteiger partial charge on any atom is -0.0563 e. The molecule has 0 heteroatoms. The van der Waals surface area contributed by atoms with Gasteiger partial charge in [-0.3, -0.25) is 0 Å². The summed E-state index contributed by atoms with van der Waals surface area (Å²) in [6, 6.07) is 30.8. The summed E-state index contributed by atoms with van der Waals surface area (Å²) in [4.78, 5) is 0. The fraction of sp³-hybridized carbons (Fsp3) is 0.125. The molecule has 0 nitrogen and oxygen atoms in total. The molecule has 0 atom stereocenters. The Labute approximate surface area is 192 Å². The van der Waals surface area contributed by atoms with Crippen LogP contribution in [0.3, 0.4) is 0 Å². The van der Waals surface area contributed by atoms with Crippen molar-refractivity contribution in [3.8, 4) is 11.1 Å². The van der Waals surface area contributed by atoms with Gasteiger partial charge in [0.05, 0.1) is 0 Å². The van der Waals surface area contributed by atoms with Crippen LogP contribution in [0.15, 0.2) is 84.9 Å². The van der Waals surface area contributed by atoms with E-state index in [1.807, 2.05) is 0 Å². The monoisotopic (exact) mass is 414 g/mol. The molecule has 0 aliphatic carbocycles. The maximum Gasteiger partial charge on any atom is -0.0184 e. The van der Waals surface area contributed by atoms with Gasteiger partial charge in [0.1, 0.15) is 0 Å². The molecular formula is C32H30. The van der Waals surface area contributed by atoms with Gasteiger partial charge in [0.2, 0.25) is 0 Å². The summed E-state index contributed by atoms with van der Waals surface area (Å²) in [5.74, 6) is 0. The summed E-state index contributed by atoms with van der Waals surface area (Å²) in [7, 11) is 0.